The van der Waals surface area contributed by atoms with Crippen LogP contribution in [0.25, 0.3) is 0 Å². The zero-order valence-electron chi connectivity index (χ0n) is 10.8. The smallest absolute Gasteiger partial charge is 0.307 e. The normalized spacial score (nSPS) is 25.8. The molecule has 1 unspecified atom stereocenters. The topological polar surface area (TPSA) is 98.7 Å². The van der Waals surface area contributed by atoms with Gasteiger partial charge in [0.05, 0.1) is 5.92 Å². The summed E-state index contributed by atoms with van der Waals surface area (Å²) in [6, 6.07) is -0.228. The molecule has 0 aromatic carbocycles. The third kappa shape index (κ3) is 4.62. The highest BCUT2D eigenvalue weighted by Crippen LogP contribution is 2.12. The van der Waals surface area contributed by atoms with Crippen molar-refractivity contribution in [3.63, 3.8) is 0 Å². The Hall–Kier alpha value is -1.14. The summed E-state index contributed by atoms with van der Waals surface area (Å²) < 4.78 is 0. The van der Waals surface area contributed by atoms with Crippen LogP contribution in [0.15, 0.2) is 0 Å². The molecular weight excluding hydrogens is 236 g/mol. The maximum Gasteiger partial charge on any atom is 0.307 e. The van der Waals surface area contributed by atoms with Crippen LogP contribution in [0.1, 0.15) is 26.7 Å². The fraction of sp³-hybridized carbons (Fsp3) is 0.833. The Balaban J connectivity index is 2.41. The maximum absolute atomic E-state index is 11.7. The number of rotatable bonds is 5. The van der Waals surface area contributed by atoms with Gasteiger partial charge in [0.1, 0.15) is 6.10 Å². The van der Waals surface area contributed by atoms with E-state index in [1.165, 1.54) is 0 Å². The first kappa shape index (κ1) is 14.9. The first-order chi connectivity index (χ1) is 8.40. The van der Waals surface area contributed by atoms with Gasteiger partial charge in [0.15, 0.2) is 0 Å². The molecule has 0 aromatic rings. The summed E-state index contributed by atoms with van der Waals surface area (Å²) in [5.41, 5.74) is 0. The van der Waals surface area contributed by atoms with E-state index in [1.54, 1.807) is 0 Å². The van der Waals surface area contributed by atoms with Crippen molar-refractivity contribution in [2.24, 2.45) is 11.8 Å². The molecule has 0 spiro atoms. The zero-order valence-corrected chi connectivity index (χ0v) is 10.8. The van der Waals surface area contributed by atoms with Crippen molar-refractivity contribution in [1.29, 1.82) is 0 Å². The monoisotopic (exact) mass is 258 g/mol. The summed E-state index contributed by atoms with van der Waals surface area (Å²) >= 11 is 0. The molecule has 0 radical (unpaired) electrons. The number of aliphatic carboxylic acids is 1. The number of carboxylic acid groups (broad SMARTS) is 1. The van der Waals surface area contributed by atoms with Crippen LogP contribution >= 0.6 is 0 Å². The molecule has 0 aliphatic carbocycles. The van der Waals surface area contributed by atoms with Crippen molar-refractivity contribution in [2.75, 3.05) is 13.1 Å². The van der Waals surface area contributed by atoms with E-state index in [9.17, 15) is 14.7 Å². The van der Waals surface area contributed by atoms with Crippen LogP contribution in [-0.4, -0.2) is 47.3 Å². The van der Waals surface area contributed by atoms with Gasteiger partial charge in [-0.05, 0) is 18.8 Å². The number of aliphatic hydroxyl groups excluding tert-OH is 1. The lowest BCUT2D eigenvalue weighted by Crippen LogP contribution is -2.52. The minimum atomic E-state index is -1.02. The molecule has 6 nitrogen and oxygen atoms in total. The van der Waals surface area contributed by atoms with Gasteiger partial charge in [-0.3, -0.25) is 9.59 Å². The van der Waals surface area contributed by atoms with Gasteiger partial charge in [-0.1, -0.05) is 13.8 Å². The lowest BCUT2D eigenvalue weighted by atomic mass is 9.95. The molecule has 1 amide bonds. The first-order valence-electron chi connectivity index (χ1n) is 6.32. The molecule has 6 heteroatoms. The largest absolute Gasteiger partial charge is 0.481 e. The molecule has 3 atom stereocenters. The van der Waals surface area contributed by atoms with E-state index in [2.05, 4.69) is 10.6 Å². The van der Waals surface area contributed by atoms with Crippen molar-refractivity contribution >= 4 is 11.9 Å². The van der Waals surface area contributed by atoms with Crippen molar-refractivity contribution in [1.82, 2.24) is 10.6 Å². The van der Waals surface area contributed by atoms with Crippen molar-refractivity contribution in [3.05, 3.63) is 0 Å². The Bertz CT molecular complexity index is 306. The summed E-state index contributed by atoms with van der Waals surface area (Å²) in [7, 11) is 0. The van der Waals surface area contributed by atoms with Crippen LogP contribution in [0.5, 0.6) is 0 Å². The van der Waals surface area contributed by atoms with E-state index in [4.69, 9.17) is 5.11 Å². The van der Waals surface area contributed by atoms with Crippen LogP contribution in [0.4, 0.5) is 0 Å². The van der Waals surface area contributed by atoms with Gasteiger partial charge < -0.3 is 20.8 Å². The lowest BCUT2D eigenvalue weighted by Gasteiger charge is -2.29. The number of hydrogen-bond acceptors (Lipinski definition) is 4. The van der Waals surface area contributed by atoms with E-state index in [0.29, 0.717) is 25.9 Å². The summed E-state index contributed by atoms with van der Waals surface area (Å²) in [4.78, 5) is 22.5. The highest BCUT2D eigenvalue weighted by molar-refractivity contribution is 5.81. The number of carbonyl (C=O) groups excluding carboxylic acids is 1. The van der Waals surface area contributed by atoms with E-state index in [0.717, 1.165) is 0 Å². The van der Waals surface area contributed by atoms with E-state index in [1.807, 2.05) is 13.8 Å². The number of piperidine rings is 1. The Morgan fingerprint density at radius 2 is 2.06 bits per heavy atom. The van der Waals surface area contributed by atoms with E-state index < -0.39 is 23.9 Å². The van der Waals surface area contributed by atoms with Crippen LogP contribution < -0.4 is 10.6 Å². The quantitative estimate of drug-likeness (QED) is 0.536. The SMILES string of the molecule is CC(C)CC(O)C(=O)N[C@@H]1CNC[C@H](C(=O)O)C1. The first-order valence-corrected chi connectivity index (χ1v) is 6.32. The molecule has 104 valence electrons. The highest BCUT2D eigenvalue weighted by atomic mass is 16.4. The van der Waals surface area contributed by atoms with Crippen LogP contribution in [0, 0.1) is 11.8 Å². The maximum atomic E-state index is 11.7. The Morgan fingerprint density at radius 3 is 2.61 bits per heavy atom. The van der Waals surface area contributed by atoms with E-state index in [-0.39, 0.29) is 12.0 Å². The zero-order chi connectivity index (χ0) is 13.7. The summed E-state index contributed by atoms with van der Waals surface area (Å²) in [6.45, 7) is 4.83. The molecule has 0 bridgehead atoms. The third-order valence-corrected chi connectivity index (χ3v) is 3.04. The van der Waals surface area contributed by atoms with Crippen LogP contribution in [0.2, 0.25) is 0 Å². The van der Waals surface area contributed by atoms with Crippen molar-refractivity contribution < 1.29 is 19.8 Å². The van der Waals surface area contributed by atoms with Gasteiger partial charge in [-0.15, -0.1) is 0 Å². The van der Waals surface area contributed by atoms with Gasteiger partial charge in [-0.2, -0.15) is 0 Å². The number of carbonyl (C=O) groups is 2. The minimum Gasteiger partial charge on any atom is -0.481 e. The van der Waals surface area contributed by atoms with Crippen molar-refractivity contribution in [2.45, 2.75) is 38.8 Å². The van der Waals surface area contributed by atoms with Gasteiger partial charge in [0.25, 0.3) is 0 Å². The van der Waals surface area contributed by atoms with Crippen LogP contribution in [-0.2, 0) is 9.59 Å². The van der Waals surface area contributed by atoms with E-state index >= 15 is 0 Å². The van der Waals surface area contributed by atoms with Gasteiger partial charge in [0.2, 0.25) is 5.91 Å². The second-order valence-corrected chi connectivity index (χ2v) is 5.28. The molecule has 0 aromatic heterocycles. The van der Waals surface area contributed by atoms with Crippen molar-refractivity contribution in [3.8, 4) is 0 Å². The Kier molecular flexibility index (Phi) is 5.55. The molecule has 0 saturated carbocycles. The number of nitrogens with one attached hydrogen (secondary N) is 2. The number of aliphatic hydroxyl groups is 1. The summed E-state index contributed by atoms with van der Waals surface area (Å²) in [5, 5.41) is 24.2. The van der Waals surface area contributed by atoms with Gasteiger partial charge in [-0.25, -0.2) is 0 Å². The average molecular weight is 258 g/mol. The molecule has 1 fully saturated rings. The minimum absolute atomic E-state index is 0.228. The molecular formula is C12H22N2O4. The fourth-order valence-electron chi connectivity index (χ4n) is 2.09. The van der Waals surface area contributed by atoms with Gasteiger partial charge >= 0.3 is 5.97 Å². The average Bonchev–Trinajstić information content (AvgIpc) is 2.28. The second-order valence-electron chi connectivity index (χ2n) is 5.28. The Labute approximate surface area is 107 Å². The van der Waals surface area contributed by atoms with Gasteiger partial charge in [0, 0.05) is 19.1 Å². The number of carboxylic acids is 1. The molecule has 1 aliphatic heterocycles. The fourth-order valence-corrected chi connectivity index (χ4v) is 2.09. The third-order valence-electron chi connectivity index (χ3n) is 3.04. The molecule has 1 saturated heterocycles. The Morgan fingerprint density at radius 1 is 1.39 bits per heavy atom. The molecule has 18 heavy (non-hydrogen) atoms. The number of amides is 1. The molecule has 1 rings (SSSR count). The second kappa shape index (κ2) is 6.70. The lowest BCUT2D eigenvalue weighted by molar-refractivity contribution is -0.143. The standard InChI is InChI=1S/C12H22N2O4/c1-7(2)3-10(15)11(16)14-9-4-8(12(17)18)5-13-6-9/h7-10,13,15H,3-6H2,1-2H3,(H,14,16)(H,17,18)/t8-,9+,10?/m1/s1. The number of hydrogen-bond donors (Lipinski definition) is 4. The summed E-state index contributed by atoms with van der Waals surface area (Å²) in [6.07, 6.45) is -0.202. The summed E-state index contributed by atoms with van der Waals surface area (Å²) in [5.74, 6) is -1.51. The van der Waals surface area contributed by atoms with Crippen LogP contribution in [0.3, 0.4) is 0 Å². The predicted molar refractivity (Wildman–Crippen MR) is 66.0 cm³/mol. The predicted octanol–water partition coefficient (Wildman–Crippen LogP) is -0.428. The molecule has 4 N–H and O–H groups in total. The molecule has 1 aliphatic rings. The molecule has 1 heterocycles. The highest BCUT2D eigenvalue weighted by Gasteiger charge is 2.29.